The van der Waals surface area contributed by atoms with Gasteiger partial charge in [-0.25, -0.2) is 4.79 Å². The molecule has 2 N–H and O–H groups in total. The van der Waals surface area contributed by atoms with Crippen LogP contribution in [0.1, 0.15) is 96.9 Å². The lowest BCUT2D eigenvalue weighted by molar-refractivity contribution is -0.142. The number of unbranched alkanes of at least 4 members (excludes halogenated alkanes) is 1. The molecule has 0 saturated carbocycles. The summed E-state index contributed by atoms with van der Waals surface area (Å²) in [5, 5.41) is 5.74. The van der Waals surface area contributed by atoms with Gasteiger partial charge in [-0.05, 0) is 72.4 Å². The van der Waals surface area contributed by atoms with E-state index in [0.717, 1.165) is 42.4 Å². The highest BCUT2D eigenvalue weighted by molar-refractivity contribution is 5.92. The molecule has 0 saturated heterocycles. The largest absolute Gasteiger partial charge is 0.444 e. The Bertz CT molecular complexity index is 832. The Morgan fingerprint density at radius 1 is 1.03 bits per heavy atom. The molecule has 0 radical (unpaired) electrons. The van der Waals surface area contributed by atoms with Crippen LogP contribution in [0.4, 0.5) is 4.79 Å². The summed E-state index contributed by atoms with van der Waals surface area (Å²) in [4.78, 5) is 41.1. The highest BCUT2D eigenvalue weighted by atomic mass is 16.6. The highest BCUT2D eigenvalue weighted by Gasteiger charge is 2.35. The lowest BCUT2D eigenvalue weighted by atomic mass is 9.96. The molecule has 1 aromatic rings. The van der Waals surface area contributed by atoms with Crippen LogP contribution in [0.3, 0.4) is 0 Å². The number of aryl methyl sites for hydroxylation is 2. The van der Waals surface area contributed by atoms with Crippen molar-refractivity contribution in [2.45, 2.75) is 112 Å². The smallest absolute Gasteiger partial charge is 0.408 e. The van der Waals surface area contributed by atoms with Crippen molar-refractivity contribution < 1.29 is 19.1 Å². The molecule has 3 amide bonds. The third kappa shape index (κ3) is 9.35. The molecule has 0 spiro atoms. The SMILES string of the molecule is CCCCN(C(=O)C(C)NC(=O)OC(C)(C)C)C(C(=O)NC(C)CCC)c1ccc(C)cc1C. The van der Waals surface area contributed by atoms with Gasteiger partial charge in [0.2, 0.25) is 11.8 Å². The van der Waals surface area contributed by atoms with Crippen molar-refractivity contribution in [3.05, 3.63) is 34.9 Å². The van der Waals surface area contributed by atoms with E-state index in [2.05, 4.69) is 17.6 Å². The fourth-order valence-electron chi connectivity index (χ4n) is 3.90. The van der Waals surface area contributed by atoms with Crippen molar-refractivity contribution in [1.29, 1.82) is 0 Å². The Morgan fingerprint density at radius 3 is 2.21 bits per heavy atom. The van der Waals surface area contributed by atoms with Crippen LogP contribution < -0.4 is 10.6 Å². The van der Waals surface area contributed by atoms with Crippen LogP contribution in [-0.4, -0.2) is 47.0 Å². The van der Waals surface area contributed by atoms with Gasteiger partial charge in [-0.2, -0.15) is 0 Å². The van der Waals surface area contributed by atoms with Gasteiger partial charge in [0.15, 0.2) is 0 Å². The summed E-state index contributed by atoms with van der Waals surface area (Å²) in [6.45, 7) is 17.4. The number of alkyl carbamates (subject to hydrolysis) is 1. The second kappa shape index (κ2) is 13.4. The molecule has 0 aromatic heterocycles. The van der Waals surface area contributed by atoms with E-state index in [1.165, 1.54) is 0 Å². The first kappa shape index (κ1) is 29.5. The van der Waals surface area contributed by atoms with Crippen molar-refractivity contribution in [3.8, 4) is 0 Å². The van der Waals surface area contributed by atoms with Crippen LogP contribution in [0.5, 0.6) is 0 Å². The van der Waals surface area contributed by atoms with Crippen molar-refractivity contribution in [2.24, 2.45) is 0 Å². The fraction of sp³-hybridized carbons (Fsp3) is 0.667. The summed E-state index contributed by atoms with van der Waals surface area (Å²) in [5.74, 6) is -0.524. The van der Waals surface area contributed by atoms with E-state index in [4.69, 9.17) is 4.74 Å². The summed E-state index contributed by atoms with van der Waals surface area (Å²) in [5.41, 5.74) is 2.16. The summed E-state index contributed by atoms with van der Waals surface area (Å²) < 4.78 is 5.32. The molecule has 0 aliphatic carbocycles. The van der Waals surface area contributed by atoms with E-state index in [-0.39, 0.29) is 17.9 Å². The molecule has 0 fully saturated rings. The van der Waals surface area contributed by atoms with Crippen molar-refractivity contribution >= 4 is 17.9 Å². The zero-order chi connectivity index (χ0) is 26.1. The quantitative estimate of drug-likeness (QED) is 0.461. The zero-order valence-electron chi connectivity index (χ0n) is 22.6. The van der Waals surface area contributed by atoms with Gasteiger partial charge in [-0.3, -0.25) is 9.59 Å². The lowest BCUT2D eigenvalue weighted by Gasteiger charge is -2.35. The molecule has 0 aliphatic heterocycles. The van der Waals surface area contributed by atoms with Crippen molar-refractivity contribution in [1.82, 2.24) is 15.5 Å². The van der Waals surface area contributed by atoms with Crippen molar-refractivity contribution in [2.75, 3.05) is 6.54 Å². The number of carbonyl (C=O) groups excluding carboxylic acids is 3. The van der Waals surface area contributed by atoms with Gasteiger partial charge in [-0.15, -0.1) is 0 Å². The number of hydrogen-bond donors (Lipinski definition) is 2. The Morgan fingerprint density at radius 2 is 1.68 bits per heavy atom. The zero-order valence-corrected chi connectivity index (χ0v) is 22.6. The molecule has 7 nitrogen and oxygen atoms in total. The van der Waals surface area contributed by atoms with Crippen molar-refractivity contribution in [3.63, 3.8) is 0 Å². The lowest BCUT2D eigenvalue weighted by Crippen LogP contribution is -2.53. The Labute approximate surface area is 206 Å². The number of nitrogens with one attached hydrogen (secondary N) is 2. The average Bonchev–Trinajstić information content (AvgIpc) is 2.70. The van der Waals surface area contributed by atoms with Gasteiger partial charge in [0.1, 0.15) is 17.7 Å². The number of carbonyl (C=O) groups is 3. The third-order valence-corrected chi connectivity index (χ3v) is 5.53. The van der Waals surface area contributed by atoms with Crippen LogP contribution in [0.25, 0.3) is 0 Å². The number of rotatable bonds is 11. The van der Waals surface area contributed by atoms with Crippen LogP contribution in [0.2, 0.25) is 0 Å². The first-order valence-corrected chi connectivity index (χ1v) is 12.5. The summed E-state index contributed by atoms with van der Waals surface area (Å²) >= 11 is 0. The summed E-state index contributed by atoms with van der Waals surface area (Å²) in [7, 11) is 0. The molecule has 3 unspecified atom stereocenters. The normalized spacial score (nSPS) is 14.0. The van der Waals surface area contributed by atoms with E-state index >= 15 is 0 Å². The maximum atomic E-state index is 13.6. The van der Waals surface area contributed by atoms with Gasteiger partial charge in [0.25, 0.3) is 0 Å². The fourth-order valence-corrected chi connectivity index (χ4v) is 3.90. The van der Waals surface area contributed by atoms with E-state index in [9.17, 15) is 14.4 Å². The van der Waals surface area contributed by atoms with E-state index in [0.29, 0.717) is 6.54 Å². The molecular formula is C27H45N3O4. The van der Waals surface area contributed by atoms with E-state index in [1.807, 2.05) is 45.9 Å². The minimum absolute atomic E-state index is 0.00815. The molecule has 0 bridgehead atoms. The maximum Gasteiger partial charge on any atom is 0.408 e. The topological polar surface area (TPSA) is 87.7 Å². The third-order valence-electron chi connectivity index (χ3n) is 5.53. The number of benzene rings is 1. The van der Waals surface area contributed by atoms with E-state index in [1.54, 1.807) is 32.6 Å². The molecule has 34 heavy (non-hydrogen) atoms. The summed E-state index contributed by atoms with van der Waals surface area (Å²) in [6, 6.07) is 4.27. The van der Waals surface area contributed by atoms with Crippen LogP contribution in [-0.2, 0) is 14.3 Å². The average molecular weight is 476 g/mol. The second-order valence-corrected chi connectivity index (χ2v) is 10.2. The van der Waals surface area contributed by atoms with Gasteiger partial charge < -0.3 is 20.3 Å². The predicted molar refractivity (Wildman–Crippen MR) is 137 cm³/mol. The maximum absolute atomic E-state index is 13.6. The number of amides is 3. The minimum Gasteiger partial charge on any atom is -0.444 e. The molecule has 0 heterocycles. The first-order chi connectivity index (χ1) is 15.8. The molecule has 1 rings (SSSR count). The van der Waals surface area contributed by atoms with Crippen LogP contribution >= 0.6 is 0 Å². The molecule has 3 atom stereocenters. The molecule has 192 valence electrons. The monoisotopic (exact) mass is 475 g/mol. The van der Waals surface area contributed by atoms with E-state index < -0.39 is 23.8 Å². The Balaban J connectivity index is 3.36. The van der Waals surface area contributed by atoms with Gasteiger partial charge in [0, 0.05) is 12.6 Å². The Kier molecular flexibility index (Phi) is 11.6. The molecular weight excluding hydrogens is 430 g/mol. The molecule has 7 heteroatoms. The predicted octanol–water partition coefficient (Wildman–Crippen LogP) is 5.19. The van der Waals surface area contributed by atoms with Crippen LogP contribution in [0, 0.1) is 13.8 Å². The second-order valence-electron chi connectivity index (χ2n) is 10.2. The Hall–Kier alpha value is -2.57. The minimum atomic E-state index is -0.846. The van der Waals surface area contributed by atoms with Gasteiger partial charge in [-0.1, -0.05) is 50.5 Å². The molecule has 0 aliphatic rings. The van der Waals surface area contributed by atoms with Crippen LogP contribution in [0.15, 0.2) is 18.2 Å². The van der Waals surface area contributed by atoms with Gasteiger partial charge >= 0.3 is 6.09 Å². The number of nitrogens with zero attached hydrogens (tertiary/aromatic N) is 1. The number of hydrogen-bond acceptors (Lipinski definition) is 4. The van der Waals surface area contributed by atoms with Gasteiger partial charge in [0.05, 0.1) is 0 Å². The molecule has 1 aromatic carbocycles. The summed E-state index contributed by atoms with van der Waals surface area (Å²) in [6.07, 6.45) is 2.75. The number of ether oxygens (including phenoxy) is 1. The first-order valence-electron chi connectivity index (χ1n) is 12.5. The standard InChI is InChI=1S/C27H45N3O4/c1-10-12-16-30(25(32)21(6)29-26(33)34-27(7,8)9)23(24(31)28-20(5)13-11-2)22-15-14-18(3)17-19(22)4/h14-15,17,20-21,23H,10-13,16H2,1-9H3,(H,28,31)(H,29,33). The highest BCUT2D eigenvalue weighted by Crippen LogP contribution is 2.27.